The van der Waals surface area contributed by atoms with Crippen molar-refractivity contribution in [3.63, 3.8) is 0 Å². The van der Waals surface area contributed by atoms with Crippen molar-refractivity contribution >= 4 is 0 Å². The molecule has 0 radical (unpaired) electrons. The van der Waals surface area contributed by atoms with Crippen LogP contribution in [0.15, 0.2) is 30.9 Å². The van der Waals surface area contributed by atoms with Gasteiger partial charge in [0.1, 0.15) is 0 Å². The van der Waals surface area contributed by atoms with Gasteiger partial charge in [-0.25, -0.2) is 0 Å². The van der Waals surface area contributed by atoms with Gasteiger partial charge < -0.3 is 14.8 Å². The number of methoxy groups -OCH3 is 1. The summed E-state index contributed by atoms with van der Waals surface area (Å²) in [5, 5.41) is 3.35. The van der Waals surface area contributed by atoms with Gasteiger partial charge in [-0.15, -0.1) is 6.58 Å². The average Bonchev–Trinajstić information content (AvgIpc) is 2.35. The summed E-state index contributed by atoms with van der Waals surface area (Å²) in [5.41, 5.74) is 1.19. The third kappa shape index (κ3) is 4.80. The first kappa shape index (κ1) is 14.6. The minimum atomic E-state index is 0.149. The Hall–Kier alpha value is -1.48. The Balaban J connectivity index is 2.63. The Bertz CT molecular complexity index is 375. The van der Waals surface area contributed by atoms with Gasteiger partial charge in [0, 0.05) is 6.54 Å². The van der Waals surface area contributed by atoms with E-state index in [2.05, 4.69) is 18.0 Å². The van der Waals surface area contributed by atoms with Crippen LogP contribution in [-0.4, -0.2) is 19.8 Å². The molecule has 0 saturated heterocycles. The summed E-state index contributed by atoms with van der Waals surface area (Å²) in [4.78, 5) is 0. The molecule has 1 aromatic carbocycles. The first-order chi connectivity index (χ1) is 8.67. The largest absolute Gasteiger partial charge is 0.493 e. The van der Waals surface area contributed by atoms with Crippen molar-refractivity contribution in [1.82, 2.24) is 5.32 Å². The van der Waals surface area contributed by atoms with Crippen LogP contribution in [-0.2, 0) is 6.54 Å². The van der Waals surface area contributed by atoms with Crippen LogP contribution in [0.25, 0.3) is 0 Å². The highest BCUT2D eigenvalue weighted by Crippen LogP contribution is 2.28. The van der Waals surface area contributed by atoms with Gasteiger partial charge in [-0.3, -0.25) is 0 Å². The van der Waals surface area contributed by atoms with E-state index < -0.39 is 0 Å². The summed E-state index contributed by atoms with van der Waals surface area (Å²) >= 11 is 0. The Morgan fingerprint density at radius 1 is 1.33 bits per heavy atom. The third-order valence-corrected chi connectivity index (χ3v) is 2.45. The predicted molar refractivity (Wildman–Crippen MR) is 75.3 cm³/mol. The maximum Gasteiger partial charge on any atom is 0.161 e. The van der Waals surface area contributed by atoms with Crippen LogP contribution in [0.4, 0.5) is 0 Å². The van der Waals surface area contributed by atoms with Crippen molar-refractivity contribution in [3.05, 3.63) is 36.4 Å². The molecule has 0 heterocycles. The lowest BCUT2D eigenvalue weighted by atomic mass is 10.2. The second-order valence-electron chi connectivity index (χ2n) is 4.41. The summed E-state index contributed by atoms with van der Waals surface area (Å²) in [5.74, 6) is 1.58. The molecule has 0 amide bonds. The maximum atomic E-state index is 5.68. The molecule has 0 aliphatic rings. The highest BCUT2D eigenvalue weighted by molar-refractivity contribution is 5.43. The molecule has 1 rings (SSSR count). The quantitative estimate of drug-likeness (QED) is 0.567. The molecule has 3 nitrogen and oxygen atoms in total. The van der Waals surface area contributed by atoms with Gasteiger partial charge in [-0.2, -0.15) is 0 Å². The Labute approximate surface area is 110 Å². The minimum Gasteiger partial charge on any atom is -0.493 e. The van der Waals surface area contributed by atoms with Crippen molar-refractivity contribution in [1.29, 1.82) is 0 Å². The van der Waals surface area contributed by atoms with Crippen molar-refractivity contribution in [2.45, 2.75) is 32.9 Å². The molecule has 0 atom stereocenters. The minimum absolute atomic E-state index is 0.149. The van der Waals surface area contributed by atoms with Gasteiger partial charge >= 0.3 is 0 Å². The summed E-state index contributed by atoms with van der Waals surface area (Å²) < 4.78 is 11.0. The van der Waals surface area contributed by atoms with Gasteiger partial charge in [-0.1, -0.05) is 12.1 Å². The van der Waals surface area contributed by atoms with E-state index in [0.717, 1.165) is 31.0 Å². The molecule has 100 valence electrons. The fraction of sp³-hybridized carbons (Fsp3) is 0.467. The lowest BCUT2D eigenvalue weighted by Crippen LogP contribution is -2.14. The second kappa shape index (κ2) is 7.77. The number of hydrogen-bond acceptors (Lipinski definition) is 3. The molecule has 3 heteroatoms. The second-order valence-corrected chi connectivity index (χ2v) is 4.41. The van der Waals surface area contributed by atoms with Gasteiger partial charge in [0.15, 0.2) is 11.5 Å². The summed E-state index contributed by atoms with van der Waals surface area (Å²) in [6.07, 6.45) is 3.04. The molecule has 0 bridgehead atoms. The van der Waals surface area contributed by atoms with Crippen molar-refractivity contribution < 1.29 is 9.47 Å². The third-order valence-electron chi connectivity index (χ3n) is 2.45. The normalized spacial score (nSPS) is 10.4. The number of ether oxygens (including phenoxy) is 2. The smallest absolute Gasteiger partial charge is 0.161 e. The molecule has 0 saturated carbocycles. The summed E-state index contributed by atoms with van der Waals surface area (Å²) in [7, 11) is 1.66. The molecular weight excluding hydrogens is 226 g/mol. The molecule has 0 aliphatic heterocycles. The van der Waals surface area contributed by atoms with E-state index in [1.165, 1.54) is 5.56 Å². The van der Waals surface area contributed by atoms with Crippen LogP contribution in [0.5, 0.6) is 11.5 Å². The Kier molecular flexibility index (Phi) is 6.29. The molecular formula is C15H23NO2. The SMILES string of the molecule is C=CCCNCc1ccc(OC(C)C)c(OC)c1. The molecule has 1 aromatic rings. The molecule has 0 aliphatic carbocycles. The van der Waals surface area contributed by atoms with Crippen LogP contribution >= 0.6 is 0 Å². The summed E-state index contributed by atoms with van der Waals surface area (Å²) in [6, 6.07) is 6.03. The standard InChI is InChI=1S/C15H23NO2/c1-5-6-9-16-11-13-7-8-14(18-12(2)3)15(10-13)17-4/h5,7-8,10,12,16H,1,6,9,11H2,2-4H3. The molecule has 0 fully saturated rings. The van der Waals surface area contributed by atoms with Gasteiger partial charge in [0.2, 0.25) is 0 Å². The molecule has 18 heavy (non-hydrogen) atoms. The van der Waals surface area contributed by atoms with Crippen LogP contribution < -0.4 is 14.8 Å². The number of benzene rings is 1. The fourth-order valence-electron chi connectivity index (χ4n) is 1.61. The summed E-state index contributed by atoms with van der Waals surface area (Å²) in [6.45, 7) is 9.47. The van der Waals surface area contributed by atoms with Crippen molar-refractivity contribution in [3.8, 4) is 11.5 Å². The van der Waals surface area contributed by atoms with Gasteiger partial charge in [-0.05, 0) is 44.5 Å². The molecule has 0 aromatic heterocycles. The maximum absolute atomic E-state index is 5.68. The molecule has 0 unspecified atom stereocenters. The fourth-order valence-corrected chi connectivity index (χ4v) is 1.61. The van der Waals surface area contributed by atoms with Crippen LogP contribution in [0, 0.1) is 0 Å². The lowest BCUT2D eigenvalue weighted by molar-refractivity contribution is 0.230. The number of rotatable bonds is 8. The first-order valence-electron chi connectivity index (χ1n) is 6.32. The van der Waals surface area contributed by atoms with E-state index in [9.17, 15) is 0 Å². The van der Waals surface area contributed by atoms with Crippen LogP contribution in [0.3, 0.4) is 0 Å². The Morgan fingerprint density at radius 3 is 2.72 bits per heavy atom. The number of hydrogen-bond donors (Lipinski definition) is 1. The van der Waals surface area contributed by atoms with E-state index in [4.69, 9.17) is 9.47 Å². The van der Waals surface area contributed by atoms with Crippen LogP contribution in [0.2, 0.25) is 0 Å². The zero-order valence-electron chi connectivity index (χ0n) is 11.5. The highest BCUT2D eigenvalue weighted by atomic mass is 16.5. The zero-order chi connectivity index (χ0) is 13.4. The van der Waals surface area contributed by atoms with Gasteiger partial charge in [0.05, 0.1) is 13.2 Å². The average molecular weight is 249 g/mol. The molecule has 1 N–H and O–H groups in total. The highest BCUT2D eigenvalue weighted by Gasteiger charge is 2.07. The van der Waals surface area contributed by atoms with Crippen molar-refractivity contribution in [2.75, 3.05) is 13.7 Å². The molecule has 0 spiro atoms. The van der Waals surface area contributed by atoms with E-state index in [-0.39, 0.29) is 6.10 Å². The monoisotopic (exact) mass is 249 g/mol. The number of nitrogens with one attached hydrogen (secondary N) is 1. The topological polar surface area (TPSA) is 30.5 Å². The Morgan fingerprint density at radius 2 is 2.11 bits per heavy atom. The van der Waals surface area contributed by atoms with E-state index in [1.807, 2.05) is 32.1 Å². The first-order valence-corrected chi connectivity index (χ1v) is 6.32. The van der Waals surface area contributed by atoms with Crippen molar-refractivity contribution in [2.24, 2.45) is 0 Å². The lowest BCUT2D eigenvalue weighted by Gasteiger charge is -2.14. The zero-order valence-corrected chi connectivity index (χ0v) is 11.5. The van der Waals surface area contributed by atoms with E-state index >= 15 is 0 Å². The predicted octanol–water partition coefficient (Wildman–Crippen LogP) is 3.15. The van der Waals surface area contributed by atoms with Gasteiger partial charge in [0.25, 0.3) is 0 Å². The van der Waals surface area contributed by atoms with E-state index in [0.29, 0.717) is 0 Å². The van der Waals surface area contributed by atoms with E-state index in [1.54, 1.807) is 7.11 Å². The van der Waals surface area contributed by atoms with Crippen LogP contribution in [0.1, 0.15) is 25.8 Å².